The number of para-hydroxylation sites is 1. The third-order valence-electron chi connectivity index (χ3n) is 18.7. The maximum absolute atomic E-state index is 10.7. The highest BCUT2D eigenvalue weighted by Gasteiger charge is 2.26. The summed E-state index contributed by atoms with van der Waals surface area (Å²) in [5.41, 5.74) is 23.2. The maximum atomic E-state index is 10.7. The third kappa shape index (κ3) is 10.4. The van der Waals surface area contributed by atoms with Gasteiger partial charge in [0.15, 0.2) is 23.2 Å². The van der Waals surface area contributed by atoms with E-state index in [1.54, 1.807) is 0 Å². The van der Waals surface area contributed by atoms with E-state index in [1.807, 2.05) is 109 Å². The van der Waals surface area contributed by atoms with Gasteiger partial charge in [-0.05, 0) is 169 Å². The summed E-state index contributed by atoms with van der Waals surface area (Å²) in [7, 11) is 0. The van der Waals surface area contributed by atoms with E-state index in [1.165, 1.54) is 0 Å². The molecule has 98 heavy (non-hydrogen) atoms. The van der Waals surface area contributed by atoms with Gasteiger partial charge in [-0.3, -0.25) is 0 Å². The van der Waals surface area contributed by atoms with E-state index in [4.69, 9.17) is 21.5 Å². The summed E-state index contributed by atoms with van der Waals surface area (Å²) < 4.78 is 4.66. The van der Waals surface area contributed by atoms with E-state index < -0.39 is 0 Å². The predicted octanol–water partition coefficient (Wildman–Crippen LogP) is 23.0. The van der Waals surface area contributed by atoms with E-state index in [0.717, 1.165) is 138 Å². The van der Waals surface area contributed by atoms with Crippen LogP contribution in [-0.4, -0.2) is 24.1 Å². The summed E-state index contributed by atoms with van der Waals surface area (Å²) in [5.74, 6) is 1.21. The number of nitriles is 2. The molecule has 17 rings (SSSR count). The topological polar surface area (TPSA) is 100 Å². The Bertz CT molecular complexity index is 5590. The minimum absolute atomic E-state index is 0.393. The van der Waals surface area contributed by atoms with Gasteiger partial charge in [-0.1, -0.05) is 237 Å². The number of hydrogen-bond donors (Lipinski definition) is 0. The van der Waals surface area contributed by atoms with Crippen molar-refractivity contribution in [1.29, 1.82) is 10.5 Å². The average molecular weight is 1250 g/mol. The fourth-order valence-electron chi connectivity index (χ4n) is 13.9. The molecule has 0 bridgehead atoms. The van der Waals surface area contributed by atoms with E-state index in [0.29, 0.717) is 45.4 Å². The molecule has 3 aromatic heterocycles. The van der Waals surface area contributed by atoms with Crippen molar-refractivity contribution in [1.82, 2.24) is 24.1 Å². The molecule has 0 fully saturated rings. The Balaban J connectivity index is 0.966. The van der Waals surface area contributed by atoms with Gasteiger partial charge >= 0.3 is 0 Å². The quantitative estimate of drug-likeness (QED) is 0.113. The number of benzene rings is 14. The van der Waals surface area contributed by atoms with Gasteiger partial charge in [0.25, 0.3) is 0 Å². The van der Waals surface area contributed by atoms with Crippen LogP contribution in [0.4, 0.5) is 5.69 Å². The molecule has 8 heteroatoms. The van der Waals surface area contributed by atoms with Crippen molar-refractivity contribution in [2.24, 2.45) is 0 Å². The van der Waals surface area contributed by atoms with Gasteiger partial charge < -0.3 is 9.13 Å². The zero-order chi connectivity index (χ0) is 65.6. The molecule has 14 aromatic carbocycles. The van der Waals surface area contributed by atoms with Crippen LogP contribution in [0.5, 0.6) is 0 Å². The van der Waals surface area contributed by atoms with Crippen LogP contribution < -0.4 is 0 Å². The first kappa shape index (κ1) is 58.0. The molecule has 0 aliphatic rings. The van der Waals surface area contributed by atoms with Crippen molar-refractivity contribution >= 4 is 49.3 Å². The highest BCUT2D eigenvalue weighted by molar-refractivity contribution is 6.14. The Morgan fingerprint density at radius 1 is 0.265 bits per heavy atom. The fourth-order valence-corrected chi connectivity index (χ4v) is 13.9. The number of aromatic nitrogens is 5. The summed E-state index contributed by atoms with van der Waals surface area (Å²) in [6.45, 7) is 8.42. The van der Waals surface area contributed by atoms with Gasteiger partial charge in [-0.25, -0.2) is 19.8 Å². The van der Waals surface area contributed by atoms with Crippen LogP contribution in [0.1, 0.15) is 11.1 Å². The van der Waals surface area contributed by atoms with Crippen LogP contribution in [0.15, 0.2) is 328 Å². The van der Waals surface area contributed by atoms with Crippen LogP contribution in [0, 0.1) is 29.2 Å². The molecule has 0 unspecified atom stereocenters. The molecule has 3 heterocycles. The normalized spacial score (nSPS) is 11.2. The molecule has 0 aliphatic heterocycles. The van der Waals surface area contributed by atoms with E-state index in [9.17, 15) is 10.5 Å². The monoisotopic (exact) mass is 1250 g/mol. The minimum Gasteiger partial charge on any atom is -0.308 e. The maximum Gasteiger partial charge on any atom is 0.194 e. The van der Waals surface area contributed by atoms with Gasteiger partial charge in [0.2, 0.25) is 0 Å². The van der Waals surface area contributed by atoms with Crippen LogP contribution in [0.3, 0.4) is 0 Å². The van der Waals surface area contributed by atoms with Crippen molar-refractivity contribution < 1.29 is 0 Å². The molecular formula is C90H54N8. The largest absolute Gasteiger partial charge is 0.308 e. The summed E-state index contributed by atoms with van der Waals surface area (Å²) >= 11 is 0. The molecule has 0 saturated carbocycles. The lowest BCUT2D eigenvalue weighted by atomic mass is 9.97. The molecule has 454 valence electrons. The second-order valence-electron chi connectivity index (χ2n) is 24.4. The number of fused-ring (bicyclic) bond motifs is 6. The SMILES string of the molecule is [C-]#[N+]c1ccccc1-c1ccc(-n2c3ccc(-c4ccccc4)cc3c3cc(-c4ccccc4)ccc32)c(-c2nc(-c3ccc(-c4ccc(C#N)cc4)cc3)nc(-c3cc(-c4ccccc4C#N)ccc3-n3c4ccc(-c5ccccc5)cc4c4cc(-c5ccccc5)ccc43)n2)c1. The molecule has 17 aromatic rings. The van der Waals surface area contributed by atoms with Gasteiger partial charge in [0, 0.05) is 38.2 Å². The minimum atomic E-state index is 0.393. The van der Waals surface area contributed by atoms with Gasteiger partial charge in [-0.2, -0.15) is 10.5 Å². The van der Waals surface area contributed by atoms with Gasteiger partial charge in [0.05, 0.1) is 63.3 Å². The van der Waals surface area contributed by atoms with E-state index >= 15 is 0 Å². The van der Waals surface area contributed by atoms with Crippen molar-refractivity contribution in [3.8, 4) is 136 Å². The highest BCUT2D eigenvalue weighted by atomic mass is 15.1. The molecule has 0 amide bonds. The highest BCUT2D eigenvalue weighted by Crippen LogP contribution is 2.45. The molecule has 8 nitrogen and oxygen atoms in total. The van der Waals surface area contributed by atoms with Crippen molar-refractivity contribution in [3.05, 3.63) is 350 Å². The molecule has 0 aliphatic carbocycles. The lowest BCUT2D eigenvalue weighted by molar-refractivity contribution is 1.06. The second-order valence-corrected chi connectivity index (χ2v) is 24.4. The zero-order valence-electron chi connectivity index (χ0n) is 52.8. The Kier molecular flexibility index (Phi) is 14.5. The summed E-state index contributed by atoms with van der Waals surface area (Å²) in [6, 6.07) is 118. The Labute approximate surface area is 566 Å². The first-order valence-corrected chi connectivity index (χ1v) is 32.4. The summed E-state index contributed by atoms with van der Waals surface area (Å²) in [6.07, 6.45) is 0. The first-order valence-electron chi connectivity index (χ1n) is 32.4. The molecule has 0 radical (unpaired) electrons. The Hall–Kier alpha value is -13.8. The van der Waals surface area contributed by atoms with Crippen LogP contribution in [0.25, 0.3) is 172 Å². The number of nitrogens with zero attached hydrogens (tertiary/aromatic N) is 8. The van der Waals surface area contributed by atoms with E-state index in [-0.39, 0.29) is 0 Å². The lowest BCUT2D eigenvalue weighted by Crippen LogP contribution is -2.06. The number of rotatable bonds is 12. The first-order chi connectivity index (χ1) is 48.4. The van der Waals surface area contributed by atoms with Crippen molar-refractivity contribution in [2.45, 2.75) is 0 Å². The van der Waals surface area contributed by atoms with Crippen LogP contribution in [0.2, 0.25) is 0 Å². The summed E-state index contributed by atoms with van der Waals surface area (Å²) in [4.78, 5) is 21.1. The summed E-state index contributed by atoms with van der Waals surface area (Å²) in [5, 5.41) is 24.7. The second kappa shape index (κ2) is 24.6. The number of hydrogen-bond acceptors (Lipinski definition) is 5. The molecule has 0 N–H and O–H groups in total. The Morgan fingerprint density at radius 3 is 1.00 bits per heavy atom. The van der Waals surface area contributed by atoms with Crippen molar-refractivity contribution in [2.75, 3.05) is 0 Å². The van der Waals surface area contributed by atoms with Gasteiger partial charge in [-0.15, -0.1) is 0 Å². The molecule has 0 saturated heterocycles. The zero-order valence-corrected chi connectivity index (χ0v) is 52.8. The standard InChI is InChI=1S/C90H54N8/c1-93-81-29-17-16-28-74(81)71-43-49-87(98-84-46-40-68(61-22-10-4-11-23-61)52-77(84)78-53-69(41-47-85(78)98)62-24-12-5-13-25-62)80(55-71)90-95-88(65-36-34-64(35-37-65)63-32-30-58(56-91)31-33-63)94-89(96-90)79-54-70(73-27-15-14-26-72(73)57-92)42-48-86(79)97-82-44-38-66(59-18-6-2-7-19-59)50-75(82)76-51-67(39-45-83(76)97)60-20-8-3-9-21-60/h2-55H. The van der Waals surface area contributed by atoms with Gasteiger partial charge in [0.1, 0.15) is 0 Å². The molecule has 0 spiro atoms. The average Bonchev–Trinajstić information content (AvgIpc) is 1.45. The van der Waals surface area contributed by atoms with Crippen LogP contribution in [-0.2, 0) is 0 Å². The lowest BCUT2D eigenvalue weighted by Gasteiger charge is -2.19. The third-order valence-corrected chi connectivity index (χ3v) is 18.7. The molecule has 0 atom stereocenters. The van der Waals surface area contributed by atoms with Crippen molar-refractivity contribution in [3.63, 3.8) is 0 Å². The molecular weight excluding hydrogens is 1190 g/mol. The van der Waals surface area contributed by atoms with Crippen LogP contribution >= 0.6 is 0 Å². The smallest absolute Gasteiger partial charge is 0.194 e. The predicted molar refractivity (Wildman–Crippen MR) is 399 cm³/mol. The van der Waals surface area contributed by atoms with E-state index in [2.05, 4.69) is 245 Å². The fraction of sp³-hybridized carbons (Fsp3) is 0. The Morgan fingerprint density at radius 2 is 0.592 bits per heavy atom.